The van der Waals surface area contributed by atoms with Gasteiger partial charge in [0, 0.05) is 13.0 Å². The molecule has 0 spiro atoms. The van der Waals surface area contributed by atoms with E-state index in [9.17, 15) is 15.0 Å². The van der Waals surface area contributed by atoms with Crippen LogP contribution in [0.4, 0.5) is 0 Å². The summed E-state index contributed by atoms with van der Waals surface area (Å²) in [5.74, 6) is 0.261. The van der Waals surface area contributed by atoms with Crippen LogP contribution in [0.15, 0.2) is 24.3 Å². The first-order valence-electron chi connectivity index (χ1n) is 6.71. The molecule has 1 rings (SSSR count). The van der Waals surface area contributed by atoms with Gasteiger partial charge in [-0.2, -0.15) is 0 Å². The molecule has 1 aromatic rings. The average molecular weight is 265 g/mol. The smallest absolute Gasteiger partial charge is 0.225 e. The Kier molecular flexibility index (Phi) is 5.83. The van der Waals surface area contributed by atoms with E-state index in [1.165, 1.54) is 12.1 Å². The molecule has 1 aromatic carbocycles. The van der Waals surface area contributed by atoms with Crippen LogP contribution in [-0.4, -0.2) is 34.6 Å². The first-order valence-corrected chi connectivity index (χ1v) is 6.71. The SMILES string of the molecule is CCC(CC)C(=O)N(C)CC(O)c1ccc(O)cc1. The number of aromatic hydroxyl groups is 1. The van der Waals surface area contributed by atoms with Crippen LogP contribution in [0.5, 0.6) is 5.75 Å². The third-order valence-corrected chi connectivity index (χ3v) is 3.44. The van der Waals surface area contributed by atoms with Gasteiger partial charge in [-0.3, -0.25) is 4.79 Å². The summed E-state index contributed by atoms with van der Waals surface area (Å²) in [5.41, 5.74) is 0.696. The van der Waals surface area contributed by atoms with Crippen molar-refractivity contribution in [2.45, 2.75) is 32.8 Å². The van der Waals surface area contributed by atoms with E-state index in [1.807, 2.05) is 13.8 Å². The molecule has 1 unspecified atom stereocenters. The maximum Gasteiger partial charge on any atom is 0.225 e. The Morgan fingerprint density at radius 2 is 1.74 bits per heavy atom. The first kappa shape index (κ1) is 15.5. The predicted molar refractivity (Wildman–Crippen MR) is 74.8 cm³/mol. The second kappa shape index (κ2) is 7.14. The molecule has 2 N–H and O–H groups in total. The monoisotopic (exact) mass is 265 g/mol. The lowest BCUT2D eigenvalue weighted by atomic mass is 10.0. The van der Waals surface area contributed by atoms with Gasteiger partial charge in [-0.1, -0.05) is 26.0 Å². The number of hydrogen-bond acceptors (Lipinski definition) is 3. The molecule has 4 heteroatoms. The molecular formula is C15H23NO3. The molecule has 0 radical (unpaired) electrons. The van der Waals surface area contributed by atoms with Crippen molar-refractivity contribution in [3.63, 3.8) is 0 Å². The first-order chi connectivity index (χ1) is 8.99. The van der Waals surface area contributed by atoms with Crippen LogP contribution in [0.3, 0.4) is 0 Å². The van der Waals surface area contributed by atoms with Gasteiger partial charge in [-0.15, -0.1) is 0 Å². The molecular weight excluding hydrogens is 242 g/mol. The molecule has 0 aliphatic rings. The Bertz CT molecular complexity index is 398. The summed E-state index contributed by atoms with van der Waals surface area (Å²) in [7, 11) is 1.71. The van der Waals surface area contributed by atoms with E-state index >= 15 is 0 Å². The molecule has 0 fully saturated rings. The Balaban J connectivity index is 2.63. The van der Waals surface area contributed by atoms with Crippen LogP contribution < -0.4 is 0 Å². The third kappa shape index (κ3) is 4.24. The topological polar surface area (TPSA) is 60.8 Å². The molecule has 0 aliphatic carbocycles. The summed E-state index contributed by atoms with van der Waals surface area (Å²) in [5, 5.41) is 19.3. The van der Waals surface area contributed by atoms with E-state index < -0.39 is 6.10 Å². The maximum absolute atomic E-state index is 12.1. The number of nitrogens with zero attached hydrogens (tertiary/aromatic N) is 1. The van der Waals surface area contributed by atoms with Crippen molar-refractivity contribution in [2.75, 3.05) is 13.6 Å². The highest BCUT2D eigenvalue weighted by atomic mass is 16.3. The summed E-state index contributed by atoms with van der Waals surface area (Å²) in [6.45, 7) is 4.26. The van der Waals surface area contributed by atoms with Crippen LogP contribution in [-0.2, 0) is 4.79 Å². The predicted octanol–water partition coefficient (Wildman–Crippen LogP) is 2.32. The number of phenols is 1. The van der Waals surface area contributed by atoms with Gasteiger partial charge in [0.25, 0.3) is 0 Å². The standard InChI is InChI=1S/C15H23NO3/c1-4-11(5-2)15(19)16(3)10-14(18)12-6-8-13(17)9-7-12/h6-9,11,14,17-18H,4-5,10H2,1-3H3. The number of rotatable bonds is 6. The molecule has 1 atom stereocenters. The summed E-state index contributed by atoms with van der Waals surface area (Å²) < 4.78 is 0. The molecule has 19 heavy (non-hydrogen) atoms. The van der Waals surface area contributed by atoms with Crippen molar-refractivity contribution in [3.05, 3.63) is 29.8 Å². The fourth-order valence-corrected chi connectivity index (χ4v) is 2.10. The van der Waals surface area contributed by atoms with Crippen molar-refractivity contribution in [3.8, 4) is 5.75 Å². The zero-order valence-corrected chi connectivity index (χ0v) is 11.8. The highest BCUT2D eigenvalue weighted by molar-refractivity contribution is 5.78. The summed E-state index contributed by atoms with van der Waals surface area (Å²) >= 11 is 0. The number of amides is 1. The van der Waals surface area contributed by atoms with Crippen LogP contribution in [0.25, 0.3) is 0 Å². The number of likely N-dealkylation sites (N-methyl/N-ethyl adjacent to an activating group) is 1. The van der Waals surface area contributed by atoms with Crippen molar-refractivity contribution >= 4 is 5.91 Å². The van der Waals surface area contributed by atoms with Crippen molar-refractivity contribution in [1.29, 1.82) is 0 Å². The molecule has 0 saturated carbocycles. The number of phenolic OH excluding ortho intramolecular Hbond substituents is 1. The van der Waals surface area contributed by atoms with Gasteiger partial charge in [0.2, 0.25) is 5.91 Å². The van der Waals surface area contributed by atoms with Gasteiger partial charge < -0.3 is 15.1 Å². The number of carbonyl (C=O) groups excluding carboxylic acids is 1. The lowest BCUT2D eigenvalue weighted by Gasteiger charge is -2.24. The quantitative estimate of drug-likeness (QED) is 0.830. The lowest BCUT2D eigenvalue weighted by molar-refractivity contribution is -0.135. The van der Waals surface area contributed by atoms with Gasteiger partial charge in [0.05, 0.1) is 12.6 Å². The Labute approximate surface area is 114 Å². The van der Waals surface area contributed by atoms with Gasteiger partial charge in [0.15, 0.2) is 0 Å². The Morgan fingerprint density at radius 3 is 2.21 bits per heavy atom. The number of aliphatic hydroxyl groups excluding tert-OH is 1. The van der Waals surface area contributed by atoms with Crippen molar-refractivity contribution < 1.29 is 15.0 Å². The Hall–Kier alpha value is -1.55. The second-order valence-electron chi connectivity index (χ2n) is 4.84. The van der Waals surface area contributed by atoms with Crippen LogP contribution in [0, 0.1) is 5.92 Å². The molecule has 4 nitrogen and oxygen atoms in total. The Morgan fingerprint density at radius 1 is 1.21 bits per heavy atom. The van der Waals surface area contributed by atoms with Gasteiger partial charge in [0.1, 0.15) is 5.75 Å². The normalized spacial score (nSPS) is 12.5. The van der Waals surface area contributed by atoms with Crippen molar-refractivity contribution in [1.82, 2.24) is 4.90 Å². The molecule has 106 valence electrons. The fraction of sp³-hybridized carbons (Fsp3) is 0.533. The number of benzene rings is 1. The number of hydrogen-bond donors (Lipinski definition) is 2. The van der Waals surface area contributed by atoms with Crippen LogP contribution >= 0.6 is 0 Å². The van der Waals surface area contributed by atoms with Crippen LogP contribution in [0.2, 0.25) is 0 Å². The van der Waals surface area contributed by atoms with Crippen LogP contribution in [0.1, 0.15) is 38.4 Å². The van der Waals surface area contributed by atoms with Gasteiger partial charge >= 0.3 is 0 Å². The van der Waals surface area contributed by atoms with Gasteiger partial charge in [-0.25, -0.2) is 0 Å². The lowest BCUT2D eigenvalue weighted by Crippen LogP contribution is -2.35. The fourth-order valence-electron chi connectivity index (χ4n) is 2.10. The molecule has 0 bridgehead atoms. The van der Waals surface area contributed by atoms with E-state index in [0.29, 0.717) is 5.56 Å². The molecule has 0 heterocycles. The number of carbonyl (C=O) groups is 1. The van der Waals surface area contributed by atoms with E-state index in [2.05, 4.69) is 0 Å². The summed E-state index contributed by atoms with van der Waals surface area (Å²) in [6, 6.07) is 6.38. The van der Waals surface area contributed by atoms with E-state index in [4.69, 9.17) is 0 Å². The maximum atomic E-state index is 12.1. The van der Waals surface area contributed by atoms with E-state index in [1.54, 1.807) is 24.1 Å². The minimum absolute atomic E-state index is 0.0250. The van der Waals surface area contributed by atoms with Crippen molar-refractivity contribution in [2.24, 2.45) is 5.92 Å². The molecule has 0 aromatic heterocycles. The zero-order valence-electron chi connectivity index (χ0n) is 11.8. The number of aliphatic hydroxyl groups is 1. The van der Waals surface area contributed by atoms with E-state index in [-0.39, 0.29) is 24.1 Å². The molecule has 0 aliphatic heterocycles. The van der Waals surface area contributed by atoms with Gasteiger partial charge in [-0.05, 0) is 30.5 Å². The highest BCUT2D eigenvalue weighted by Gasteiger charge is 2.21. The van der Waals surface area contributed by atoms with E-state index in [0.717, 1.165) is 12.8 Å². The average Bonchev–Trinajstić information content (AvgIpc) is 2.40. The summed E-state index contributed by atoms with van der Waals surface area (Å²) in [4.78, 5) is 13.7. The minimum Gasteiger partial charge on any atom is -0.508 e. The summed E-state index contributed by atoms with van der Waals surface area (Å²) in [6.07, 6.45) is 0.896. The highest BCUT2D eigenvalue weighted by Crippen LogP contribution is 2.19. The second-order valence-corrected chi connectivity index (χ2v) is 4.84. The zero-order chi connectivity index (χ0) is 14.4. The minimum atomic E-state index is -0.732. The molecule has 0 saturated heterocycles. The largest absolute Gasteiger partial charge is 0.508 e. The third-order valence-electron chi connectivity index (χ3n) is 3.44. The molecule has 1 amide bonds.